The van der Waals surface area contributed by atoms with Crippen molar-refractivity contribution in [1.29, 1.82) is 0 Å². The number of rotatable bonds is 6. The molecule has 3 aromatic carbocycles. The number of carbonyl (C=O) groups excluding carboxylic acids is 1. The van der Waals surface area contributed by atoms with Crippen LogP contribution in [0.25, 0.3) is 0 Å². The summed E-state index contributed by atoms with van der Waals surface area (Å²) in [7, 11) is 1.41. The number of aliphatic imine (C=N–C) groups is 1. The first-order valence-electron chi connectivity index (χ1n) is 11.8. The lowest BCUT2D eigenvalue weighted by atomic mass is 9.72. The van der Waals surface area contributed by atoms with Crippen LogP contribution in [0.4, 0.5) is 0 Å². The Balaban J connectivity index is 1.49. The van der Waals surface area contributed by atoms with Crippen molar-refractivity contribution in [2.45, 2.75) is 31.3 Å². The Bertz CT molecular complexity index is 1060. The fourth-order valence-corrected chi connectivity index (χ4v) is 5.43. The van der Waals surface area contributed by atoms with Gasteiger partial charge in [-0.3, -0.25) is 9.89 Å². The molecule has 3 aliphatic heterocycles. The van der Waals surface area contributed by atoms with E-state index >= 15 is 0 Å². The molecule has 3 fully saturated rings. The standard InChI is InChI=1S/C29H30N2O2/c1-33-29(32)25-14-12-21(13-15-25)20-30-27-24-16-18-31(19-17-24)28(27)26(22-8-4-2-5-9-22)23-10-6-3-7-11-23/h2-15,24,26,28H,16-20H2,1H3/b30-27+. The minimum Gasteiger partial charge on any atom is -0.465 e. The fourth-order valence-electron chi connectivity index (χ4n) is 5.43. The van der Waals surface area contributed by atoms with Gasteiger partial charge < -0.3 is 4.74 Å². The Labute approximate surface area is 195 Å². The van der Waals surface area contributed by atoms with Crippen molar-refractivity contribution in [3.63, 3.8) is 0 Å². The molecule has 0 radical (unpaired) electrons. The number of fused-ring (bicyclic) bond motifs is 3. The van der Waals surface area contributed by atoms with Crippen molar-refractivity contribution in [3.8, 4) is 0 Å². The highest BCUT2D eigenvalue weighted by Gasteiger charge is 2.43. The molecule has 2 bridgehead atoms. The molecule has 33 heavy (non-hydrogen) atoms. The first kappa shape index (κ1) is 21.6. The molecule has 0 saturated carbocycles. The number of carbonyl (C=O) groups is 1. The second kappa shape index (κ2) is 9.72. The van der Waals surface area contributed by atoms with E-state index in [1.165, 1.54) is 36.8 Å². The number of esters is 1. The van der Waals surface area contributed by atoms with Gasteiger partial charge in [-0.1, -0.05) is 72.8 Å². The molecule has 3 heterocycles. The van der Waals surface area contributed by atoms with Gasteiger partial charge in [-0.15, -0.1) is 0 Å². The average Bonchev–Trinajstić information content (AvgIpc) is 2.90. The monoisotopic (exact) mass is 438 g/mol. The summed E-state index contributed by atoms with van der Waals surface area (Å²) < 4.78 is 4.82. The van der Waals surface area contributed by atoms with Crippen molar-refractivity contribution >= 4 is 11.7 Å². The van der Waals surface area contributed by atoms with E-state index in [0.717, 1.165) is 18.7 Å². The lowest BCUT2D eigenvalue weighted by molar-refractivity contribution is 0.0600. The Morgan fingerprint density at radius 1 is 0.909 bits per heavy atom. The topological polar surface area (TPSA) is 41.9 Å². The Hall–Kier alpha value is -3.24. The molecule has 1 unspecified atom stereocenters. The molecule has 3 aliphatic rings. The smallest absolute Gasteiger partial charge is 0.337 e. The lowest BCUT2D eigenvalue weighted by Crippen LogP contribution is -2.58. The largest absolute Gasteiger partial charge is 0.465 e. The van der Waals surface area contributed by atoms with Crippen molar-refractivity contribution in [2.75, 3.05) is 20.2 Å². The Morgan fingerprint density at radius 2 is 1.48 bits per heavy atom. The van der Waals surface area contributed by atoms with Gasteiger partial charge in [0, 0.05) is 17.5 Å². The highest BCUT2D eigenvalue weighted by molar-refractivity contribution is 5.94. The summed E-state index contributed by atoms with van der Waals surface area (Å²) in [6, 6.07) is 29.7. The summed E-state index contributed by atoms with van der Waals surface area (Å²) >= 11 is 0. The zero-order valence-corrected chi connectivity index (χ0v) is 19.1. The third kappa shape index (κ3) is 4.49. The van der Waals surface area contributed by atoms with Crippen LogP contribution in [0.1, 0.15) is 45.8 Å². The first-order chi connectivity index (χ1) is 16.2. The van der Waals surface area contributed by atoms with Crippen LogP contribution in [-0.2, 0) is 11.3 Å². The Kier molecular flexibility index (Phi) is 6.36. The van der Waals surface area contributed by atoms with Gasteiger partial charge in [0.25, 0.3) is 0 Å². The molecule has 1 atom stereocenters. The average molecular weight is 439 g/mol. The lowest BCUT2D eigenvalue weighted by Gasteiger charge is -2.49. The minimum absolute atomic E-state index is 0.260. The molecular weight excluding hydrogens is 408 g/mol. The fraction of sp³-hybridized carbons (Fsp3) is 0.310. The SMILES string of the molecule is COC(=O)c1ccc(C/N=C2\C3CCN(CC3)C2C(c2ccccc2)c2ccccc2)cc1. The quantitative estimate of drug-likeness (QED) is 0.488. The van der Waals surface area contributed by atoms with Crippen molar-refractivity contribution in [1.82, 2.24) is 4.90 Å². The molecular formula is C29H30N2O2. The van der Waals surface area contributed by atoms with E-state index in [1.807, 2.05) is 24.3 Å². The zero-order valence-electron chi connectivity index (χ0n) is 19.1. The molecule has 0 spiro atoms. The summed E-state index contributed by atoms with van der Waals surface area (Å²) in [5.41, 5.74) is 5.71. The molecule has 3 aromatic rings. The van der Waals surface area contributed by atoms with Gasteiger partial charge >= 0.3 is 5.97 Å². The van der Waals surface area contributed by atoms with Crippen LogP contribution in [-0.4, -0.2) is 42.8 Å². The van der Waals surface area contributed by atoms with E-state index < -0.39 is 0 Å². The van der Waals surface area contributed by atoms with Crippen LogP contribution < -0.4 is 0 Å². The Morgan fingerprint density at radius 3 is 2.03 bits per heavy atom. The number of hydrogen-bond donors (Lipinski definition) is 0. The number of benzene rings is 3. The van der Waals surface area contributed by atoms with E-state index in [-0.39, 0.29) is 17.9 Å². The van der Waals surface area contributed by atoms with Gasteiger partial charge in [0.05, 0.1) is 25.3 Å². The van der Waals surface area contributed by atoms with E-state index in [0.29, 0.717) is 18.0 Å². The maximum absolute atomic E-state index is 11.7. The zero-order chi connectivity index (χ0) is 22.6. The van der Waals surface area contributed by atoms with Gasteiger partial charge in [0.15, 0.2) is 0 Å². The predicted octanol–water partition coefficient (Wildman–Crippen LogP) is 5.34. The van der Waals surface area contributed by atoms with Gasteiger partial charge in [-0.2, -0.15) is 0 Å². The minimum atomic E-state index is -0.307. The van der Waals surface area contributed by atoms with E-state index in [4.69, 9.17) is 9.73 Å². The predicted molar refractivity (Wildman–Crippen MR) is 132 cm³/mol. The summed E-state index contributed by atoms with van der Waals surface area (Å²) in [5.74, 6) is 0.499. The highest BCUT2D eigenvalue weighted by atomic mass is 16.5. The summed E-state index contributed by atoms with van der Waals surface area (Å²) in [6.45, 7) is 2.91. The number of piperidine rings is 3. The van der Waals surface area contributed by atoms with Crippen molar-refractivity contribution in [3.05, 3.63) is 107 Å². The second-order valence-corrected chi connectivity index (χ2v) is 8.98. The molecule has 0 amide bonds. The van der Waals surface area contributed by atoms with Crippen LogP contribution in [0.2, 0.25) is 0 Å². The second-order valence-electron chi connectivity index (χ2n) is 8.98. The normalized spacial score (nSPS) is 23.1. The van der Waals surface area contributed by atoms with Gasteiger partial charge in [-0.25, -0.2) is 4.79 Å². The van der Waals surface area contributed by atoms with Crippen LogP contribution in [0.5, 0.6) is 0 Å². The van der Waals surface area contributed by atoms with Crippen molar-refractivity contribution in [2.24, 2.45) is 10.9 Å². The van der Waals surface area contributed by atoms with Gasteiger partial charge in [-0.05, 0) is 54.8 Å². The summed E-state index contributed by atoms with van der Waals surface area (Å²) in [6.07, 6.45) is 2.37. The summed E-state index contributed by atoms with van der Waals surface area (Å²) in [5, 5.41) is 0. The van der Waals surface area contributed by atoms with Crippen LogP contribution >= 0.6 is 0 Å². The molecule has 4 heteroatoms. The van der Waals surface area contributed by atoms with Gasteiger partial charge in [0.2, 0.25) is 0 Å². The van der Waals surface area contributed by atoms with Crippen LogP contribution in [0.3, 0.4) is 0 Å². The number of ether oxygens (including phenoxy) is 1. The molecule has 6 rings (SSSR count). The maximum atomic E-state index is 11.7. The molecule has 4 nitrogen and oxygen atoms in total. The number of methoxy groups -OCH3 is 1. The molecule has 0 aliphatic carbocycles. The third-order valence-corrected chi connectivity index (χ3v) is 7.10. The summed E-state index contributed by atoms with van der Waals surface area (Å²) in [4.78, 5) is 19.6. The van der Waals surface area contributed by atoms with Crippen LogP contribution in [0.15, 0.2) is 89.9 Å². The van der Waals surface area contributed by atoms with E-state index in [9.17, 15) is 4.79 Å². The maximum Gasteiger partial charge on any atom is 0.337 e. The molecule has 3 saturated heterocycles. The van der Waals surface area contributed by atoms with Crippen molar-refractivity contribution < 1.29 is 9.53 Å². The first-order valence-corrected chi connectivity index (χ1v) is 11.8. The molecule has 0 aromatic heterocycles. The number of nitrogens with zero attached hydrogens (tertiary/aromatic N) is 2. The van der Waals surface area contributed by atoms with Gasteiger partial charge in [0.1, 0.15) is 0 Å². The molecule has 168 valence electrons. The third-order valence-electron chi connectivity index (χ3n) is 7.10. The molecule has 0 N–H and O–H groups in total. The number of hydrogen-bond acceptors (Lipinski definition) is 4. The highest BCUT2D eigenvalue weighted by Crippen LogP contribution is 2.40. The van der Waals surface area contributed by atoms with E-state index in [1.54, 1.807) is 0 Å². The van der Waals surface area contributed by atoms with E-state index in [2.05, 4.69) is 65.6 Å². The van der Waals surface area contributed by atoms with Crippen LogP contribution in [0, 0.1) is 5.92 Å².